The second-order valence-electron chi connectivity index (χ2n) is 5.72. The first-order chi connectivity index (χ1) is 11.1. The lowest BCUT2D eigenvalue weighted by atomic mass is 10.0. The Balaban J connectivity index is 2.21. The van der Waals surface area contributed by atoms with E-state index in [-0.39, 0.29) is 0 Å². The smallest absolute Gasteiger partial charge is 0.117 e. The quantitative estimate of drug-likeness (QED) is 0.380. The summed E-state index contributed by atoms with van der Waals surface area (Å²) in [5.41, 5.74) is 2.64. The molecule has 5 heteroatoms. The Morgan fingerprint density at radius 3 is 2.74 bits per heavy atom. The van der Waals surface area contributed by atoms with Crippen LogP contribution in [0.3, 0.4) is 0 Å². The van der Waals surface area contributed by atoms with Crippen LogP contribution in [-0.2, 0) is 11.3 Å². The average Bonchev–Trinajstić information content (AvgIpc) is 2.51. The highest BCUT2D eigenvalue weighted by atomic mass is 35.5. The largest absolute Gasteiger partial charge is 0.396 e. The standard InChI is InChI=1S/C18H20Cl2N2O/c1-13(2)7-9-23-22-18(10-14-4-3-8-21-12-14)16-6-5-15(19)11-17(16)20/h3-6,8,11-13H,7,9-10H2,1-2H3/b22-18-. The minimum absolute atomic E-state index is 0.563. The number of halogens is 2. The molecular formula is C18H20Cl2N2O. The second kappa shape index (κ2) is 8.90. The molecule has 122 valence electrons. The first kappa shape index (κ1) is 17.8. The van der Waals surface area contributed by atoms with Crippen LogP contribution in [0.2, 0.25) is 10.0 Å². The molecule has 0 atom stereocenters. The molecule has 0 N–H and O–H groups in total. The summed E-state index contributed by atoms with van der Waals surface area (Å²) in [4.78, 5) is 9.63. The van der Waals surface area contributed by atoms with Crippen molar-refractivity contribution in [2.24, 2.45) is 11.1 Å². The third-order valence-electron chi connectivity index (χ3n) is 3.30. The van der Waals surface area contributed by atoms with Crippen LogP contribution in [0.1, 0.15) is 31.4 Å². The van der Waals surface area contributed by atoms with Crippen molar-refractivity contribution in [1.29, 1.82) is 0 Å². The number of oxime groups is 1. The monoisotopic (exact) mass is 350 g/mol. The fourth-order valence-corrected chi connectivity index (χ4v) is 2.53. The van der Waals surface area contributed by atoms with E-state index < -0.39 is 0 Å². The second-order valence-corrected chi connectivity index (χ2v) is 6.56. The van der Waals surface area contributed by atoms with Crippen molar-refractivity contribution in [3.8, 4) is 0 Å². The molecule has 0 bridgehead atoms. The Hall–Kier alpha value is -1.58. The number of benzene rings is 1. The summed E-state index contributed by atoms with van der Waals surface area (Å²) in [5.74, 6) is 0.575. The van der Waals surface area contributed by atoms with E-state index in [9.17, 15) is 0 Å². The molecule has 3 nitrogen and oxygen atoms in total. The van der Waals surface area contributed by atoms with Gasteiger partial charge in [-0.25, -0.2) is 0 Å². The molecule has 23 heavy (non-hydrogen) atoms. The van der Waals surface area contributed by atoms with E-state index in [2.05, 4.69) is 24.0 Å². The van der Waals surface area contributed by atoms with Gasteiger partial charge in [-0.3, -0.25) is 4.98 Å². The van der Waals surface area contributed by atoms with Crippen molar-refractivity contribution < 1.29 is 4.84 Å². The Kier molecular flexibility index (Phi) is 6.87. The van der Waals surface area contributed by atoms with Crippen LogP contribution >= 0.6 is 23.2 Å². The van der Waals surface area contributed by atoms with Crippen LogP contribution < -0.4 is 0 Å². The average molecular weight is 351 g/mol. The van der Waals surface area contributed by atoms with Gasteiger partial charge in [-0.2, -0.15) is 0 Å². The van der Waals surface area contributed by atoms with Crippen molar-refractivity contribution in [1.82, 2.24) is 4.98 Å². The van der Waals surface area contributed by atoms with E-state index in [1.165, 1.54) is 0 Å². The van der Waals surface area contributed by atoms with Crippen molar-refractivity contribution in [3.63, 3.8) is 0 Å². The third kappa shape index (κ3) is 5.85. The molecular weight excluding hydrogens is 331 g/mol. The fourth-order valence-electron chi connectivity index (χ4n) is 2.01. The van der Waals surface area contributed by atoms with Crippen LogP contribution in [0.15, 0.2) is 47.9 Å². The maximum atomic E-state index is 6.32. The van der Waals surface area contributed by atoms with Crippen molar-refractivity contribution in [3.05, 3.63) is 63.9 Å². The molecule has 1 aromatic heterocycles. The maximum absolute atomic E-state index is 6.32. The highest BCUT2D eigenvalue weighted by Gasteiger charge is 2.11. The van der Waals surface area contributed by atoms with Gasteiger partial charge in [-0.15, -0.1) is 0 Å². The molecule has 0 amide bonds. The maximum Gasteiger partial charge on any atom is 0.117 e. The number of rotatable bonds is 7. The molecule has 2 aromatic rings. The summed E-state index contributed by atoms with van der Waals surface area (Å²) in [5, 5.41) is 5.47. The van der Waals surface area contributed by atoms with Crippen LogP contribution in [-0.4, -0.2) is 17.3 Å². The van der Waals surface area contributed by atoms with Gasteiger partial charge in [0.25, 0.3) is 0 Å². The molecule has 0 radical (unpaired) electrons. The number of nitrogens with zero attached hydrogens (tertiary/aromatic N) is 2. The zero-order chi connectivity index (χ0) is 16.7. The highest BCUT2D eigenvalue weighted by molar-refractivity contribution is 6.37. The van der Waals surface area contributed by atoms with Gasteiger partial charge in [-0.05, 0) is 36.1 Å². The summed E-state index contributed by atoms with van der Waals surface area (Å²) >= 11 is 12.3. The van der Waals surface area contributed by atoms with Crippen LogP contribution in [0.5, 0.6) is 0 Å². The first-order valence-electron chi connectivity index (χ1n) is 7.59. The van der Waals surface area contributed by atoms with Gasteiger partial charge < -0.3 is 4.84 Å². The van der Waals surface area contributed by atoms with E-state index >= 15 is 0 Å². The van der Waals surface area contributed by atoms with E-state index in [0.29, 0.717) is 29.0 Å². The van der Waals surface area contributed by atoms with Gasteiger partial charge in [0.2, 0.25) is 0 Å². The van der Waals surface area contributed by atoms with Crippen LogP contribution in [0.25, 0.3) is 0 Å². The van der Waals surface area contributed by atoms with E-state index in [4.69, 9.17) is 28.0 Å². The summed E-state index contributed by atoms with van der Waals surface area (Å²) in [6.07, 6.45) is 5.11. The molecule has 0 saturated heterocycles. The molecule has 0 saturated carbocycles. The number of hydrogen-bond donors (Lipinski definition) is 0. The molecule has 1 aromatic carbocycles. The van der Waals surface area contributed by atoms with Gasteiger partial charge in [-0.1, -0.05) is 54.3 Å². The Labute approximate surface area is 147 Å². The predicted octanol–water partition coefficient (Wildman–Crippen LogP) is 5.40. The van der Waals surface area contributed by atoms with Gasteiger partial charge in [0, 0.05) is 29.4 Å². The third-order valence-corrected chi connectivity index (χ3v) is 3.85. The molecule has 0 unspecified atom stereocenters. The minimum Gasteiger partial charge on any atom is -0.396 e. The van der Waals surface area contributed by atoms with Gasteiger partial charge in [0.05, 0.1) is 10.7 Å². The molecule has 0 spiro atoms. The van der Waals surface area contributed by atoms with E-state index in [0.717, 1.165) is 23.3 Å². The van der Waals surface area contributed by atoms with Crippen molar-refractivity contribution >= 4 is 28.9 Å². The molecule has 0 fully saturated rings. The molecule has 0 aliphatic heterocycles. The lowest BCUT2D eigenvalue weighted by Crippen LogP contribution is -2.08. The topological polar surface area (TPSA) is 34.5 Å². The minimum atomic E-state index is 0.563. The van der Waals surface area contributed by atoms with Crippen molar-refractivity contribution in [2.45, 2.75) is 26.7 Å². The molecule has 0 aliphatic rings. The van der Waals surface area contributed by atoms with E-state index in [1.807, 2.05) is 24.4 Å². The Morgan fingerprint density at radius 2 is 2.09 bits per heavy atom. The number of hydrogen-bond acceptors (Lipinski definition) is 3. The van der Waals surface area contributed by atoms with Crippen LogP contribution in [0.4, 0.5) is 0 Å². The summed E-state index contributed by atoms with van der Waals surface area (Å²) in [6.45, 7) is 4.89. The lowest BCUT2D eigenvalue weighted by Gasteiger charge is -2.10. The molecule has 1 heterocycles. The predicted molar refractivity (Wildman–Crippen MR) is 96.3 cm³/mol. The first-order valence-corrected chi connectivity index (χ1v) is 8.35. The lowest BCUT2D eigenvalue weighted by molar-refractivity contribution is 0.132. The number of pyridine rings is 1. The SMILES string of the molecule is CC(C)CCO/N=C(/Cc1cccnc1)c1ccc(Cl)cc1Cl. The summed E-state index contributed by atoms with van der Waals surface area (Å²) < 4.78 is 0. The van der Waals surface area contributed by atoms with Gasteiger partial charge in [0.15, 0.2) is 0 Å². The van der Waals surface area contributed by atoms with Gasteiger partial charge in [0.1, 0.15) is 6.61 Å². The Bertz CT molecular complexity index is 657. The normalized spacial score (nSPS) is 11.8. The summed E-state index contributed by atoms with van der Waals surface area (Å²) in [6, 6.07) is 9.28. The van der Waals surface area contributed by atoms with Crippen molar-refractivity contribution in [2.75, 3.05) is 6.61 Å². The zero-order valence-electron chi connectivity index (χ0n) is 13.3. The molecule has 0 aliphatic carbocycles. The van der Waals surface area contributed by atoms with Gasteiger partial charge >= 0.3 is 0 Å². The summed E-state index contributed by atoms with van der Waals surface area (Å²) in [7, 11) is 0. The van der Waals surface area contributed by atoms with Crippen LogP contribution in [0, 0.1) is 5.92 Å². The Morgan fingerprint density at radius 1 is 1.26 bits per heavy atom. The zero-order valence-corrected chi connectivity index (χ0v) is 14.8. The van der Waals surface area contributed by atoms with E-state index in [1.54, 1.807) is 18.3 Å². The molecule has 2 rings (SSSR count). The highest BCUT2D eigenvalue weighted by Crippen LogP contribution is 2.23. The fraction of sp³-hybridized carbons (Fsp3) is 0.333. The number of aromatic nitrogens is 1.